The Morgan fingerprint density at radius 1 is 1.50 bits per heavy atom. The Balaban J connectivity index is 2.61. The molecule has 0 fully saturated rings. The number of hydrogen-bond acceptors (Lipinski definition) is 5. The molecule has 2 N–H and O–H groups in total. The van der Waals surface area contributed by atoms with E-state index in [1.807, 2.05) is 0 Å². The van der Waals surface area contributed by atoms with Gasteiger partial charge in [0.25, 0.3) is 0 Å². The first-order valence-electron chi connectivity index (χ1n) is 5.44. The third-order valence-corrected chi connectivity index (χ3v) is 6.14. The van der Waals surface area contributed by atoms with E-state index < -0.39 is 33.1 Å². The number of rotatable bonds is 1. The quantitative estimate of drug-likeness (QED) is 0.851. The summed E-state index contributed by atoms with van der Waals surface area (Å²) in [5.74, 6) is -0.874. The van der Waals surface area contributed by atoms with Gasteiger partial charge in [-0.3, -0.25) is 0 Å². The lowest BCUT2D eigenvalue weighted by atomic mass is 9.99. The van der Waals surface area contributed by atoms with Gasteiger partial charge in [0.2, 0.25) is 16.0 Å². The van der Waals surface area contributed by atoms with Gasteiger partial charge in [0.15, 0.2) is 0 Å². The molecule has 0 saturated heterocycles. The second-order valence-electron chi connectivity index (χ2n) is 4.63. The summed E-state index contributed by atoms with van der Waals surface area (Å²) in [5, 5.41) is 1.26. The number of nitrogens with two attached hydrogens (primary N) is 1. The predicted molar refractivity (Wildman–Crippen MR) is 69.8 cm³/mol. The topological polar surface area (TPSA) is 75.8 Å². The maximum atomic E-state index is 12.9. The lowest BCUT2D eigenvalue weighted by Crippen LogP contribution is -2.50. The number of nitrogens with zero attached hydrogens (tertiary/aromatic N) is 2. The molecule has 10 heteroatoms. The fourth-order valence-corrected chi connectivity index (χ4v) is 4.57. The molecule has 1 aliphatic rings. The zero-order valence-electron chi connectivity index (χ0n) is 10.6. The fraction of sp³-hybridized carbons (Fsp3) is 0.500. The van der Waals surface area contributed by atoms with Crippen molar-refractivity contribution >= 4 is 27.3 Å². The summed E-state index contributed by atoms with van der Waals surface area (Å²) in [5.41, 5.74) is 3.11. The average Bonchev–Trinajstić information content (AvgIpc) is 2.74. The van der Waals surface area contributed by atoms with Gasteiger partial charge in [0.05, 0.1) is 11.3 Å². The van der Waals surface area contributed by atoms with Crippen molar-refractivity contribution in [1.29, 1.82) is 0 Å². The summed E-state index contributed by atoms with van der Waals surface area (Å²) in [6.45, 7) is 1.34. The molecule has 0 aromatic carbocycles. The van der Waals surface area contributed by atoms with Gasteiger partial charge in [0, 0.05) is 11.9 Å². The molecule has 1 atom stereocenters. The van der Waals surface area contributed by atoms with Crippen LogP contribution in [0.15, 0.2) is 16.4 Å². The molecule has 0 bridgehead atoms. The van der Waals surface area contributed by atoms with Crippen molar-refractivity contribution in [1.82, 2.24) is 4.31 Å². The van der Waals surface area contributed by atoms with E-state index in [1.54, 1.807) is 0 Å². The highest BCUT2D eigenvalue weighted by Crippen LogP contribution is 2.43. The average molecular weight is 327 g/mol. The highest BCUT2D eigenvalue weighted by molar-refractivity contribution is 7.89. The van der Waals surface area contributed by atoms with Crippen molar-refractivity contribution in [2.24, 2.45) is 10.7 Å². The van der Waals surface area contributed by atoms with Crippen LogP contribution in [0.5, 0.6) is 0 Å². The van der Waals surface area contributed by atoms with Gasteiger partial charge < -0.3 is 5.73 Å². The van der Waals surface area contributed by atoms with Gasteiger partial charge in [-0.25, -0.2) is 17.7 Å². The molecular weight excluding hydrogens is 315 g/mol. The first-order chi connectivity index (χ1) is 8.97. The van der Waals surface area contributed by atoms with Gasteiger partial charge in [-0.15, -0.1) is 11.3 Å². The number of aliphatic imine (C=N–C) groups is 1. The first kappa shape index (κ1) is 15.1. The molecule has 2 rings (SSSR count). The predicted octanol–water partition coefficient (Wildman–Crippen LogP) is 1.57. The number of thiophene rings is 1. The molecule has 1 aliphatic heterocycles. The molecule has 0 unspecified atom stereocenters. The van der Waals surface area contributed by atoms with Crippen molar-refractivity contribution in [2.75, 3.05) is 12.8 Å². The summed E-state index contributed by atoms with van der Waals surface area (Å²) in [6.07, 6.45) is -4.56. The van der Waals surface area contributed by atoms with Crippen LogP contribution >= 0.6 is 11.3 Å². The molecular formula is C10H12F3N3O2S2. The molecule has 0 saturated carbocycles. The Kier molecular flexibility index (Phi) is 3.29. The van der Waals surface area contributed by atoms with Gasteiger partial charge in [0.1, 0.15) is 5.54 Å². The van der Waals surface area contributed by atoms with E-state index in [0.29, 0.717) is 0 Å². The Morgan fingerprint density at radius 3 is 2.60 bits per heavy atom. The van der Waals surface area contributed by atoms with Crippen LogP contribution in [0.25, 0.3) is 0 Å². The Morgan fingerprint density at radius 2 is 2.10 bits per heavy atom. The Labute approximate surface area is 118 Å². The molecule has 1 aromatic rings. The molecule has 0 spiro atoms. The lowest BCUT2D eigenvalue weighted by molar-refractivity contribution is -0.138. The van der Waals surface area contributed by atoms with Crippen molar-refractivity contribution in [3.8, 4) is 0 Å². The summed E-state index contributed by atoms with van der Waals surface area (Å²) >= 11 is 0.820. The van der Waals surface area contributed by atoms with Gasteiger partial charge >= 0.3 is 6.18 Å². The minimum Gasteiger partial charge on any atom is -0.369 e. The van der Waals surface area contributed by atoms with Crippen LogP contribution in [-0.4, -0.2) is 31.5 Å². The standard InChI is InChI=1S/C10H12F3N3O2S2/c1-9(5-20(17,18)16(2)8(14)15-9)7-6(3-4-19-7)10(11,12)13/h3-4H,5H2,1-2H3,(H2,14,15)/t9-/m0/s1. The molecule has 112 valence electrons. The van der Waals surface area contributed by atoms with E-state index in [-0.39, 0.29) is 10.8 Å². The highest BCUT2D eigenvalue weighted by atomic mass is 32.2. The Hall–Kier alpha value is -1.29. The summed E-state index contributed by atoms with van der Waals surface area (Å²) in [6, 6.07) is 0.919. The van der Waals surface area contributed by atoms with Crippen molar-refractivity contribution < 1.29 is 21.6 Å². The number of guanidine groups is 1. The number of sulfonamides is 1. The van der Waals surface area contributed by atoms with Crippen molar-refractivity contribution in [2.45, 2.75) is 18.6 Å². The molecule has 2 heterocycles. The number of halogens is 3. The van der Waals surface area contributed by atoms with Gasteiger partial charge in [-0.2, -0.15) is 13.2 Å². The minimum absolute atomic E-state index is 0.148. The molecule has 0 aliphatic carbocycles. The van der Waals surface area contributed by atoms with E-state index >= 15 is 0 Å². The molecule has 0 radical (unpaired) electrons. The van der Waals surface area contributed by atoms with Crippen molar-refractivity contribution in [3.05, 3.63) is 21.9 Å². The number of hydrogen-bond donors (Lipinski definition) is 1. The highest BCUT2D eigenvalue weighted by Gasteiger charge is 2.46. The van der Waals surface area contributed by atoms with Crippen LogP contribution in [0.3, 0.4) is 0 Å². The van der Waals surface area contributed by atoms with Crippen LogP contribution in [0, 0.1) is 0 Å². The first-order valence-corrected chi connectivity index (χ1v) is 7.93. The smallest absolute Gasteiger partial charge is 0.369 e. The van der Waals surface area contributed by atoms with Crippen LogP contribution in [0.2, 0.25) is 0 Å². The Bertz CT molecular complexity index is 666. The van der Waals surface area contributed by atoms with Crippen LogP contribution in [0.1, 0.15) is 17.4 Å². The van der Waals surface area contributed by atoms with E-state index in [4.69, 9.17) is 5.73 Å². The largest absolute Gasteiger partial charge is 0.417 e. The lowest BCUT2D eigenvalue weighted by Gasteiger charge is -2.34. The van der Waals surface area contributed by atoms with Crippen molar-refractivity contribution in [3.63, 3.8) is 0 Å². The zero-order chi connectivity index (χ0) is 15.3. The van der Waals surface area contributed by atoms with Gasteiger partial charge in [-0.1, -0.05) is 0 Å². The molecule has 0 amide bonds. The SMILES string of the molecule is CN1C(N)=N[C@](C)(c2sccc2C(F)(F)F)CS1(=O)=O. The maximum Gasteiger partial charge on any atom is 0.417 e. The second kappa shape index (κ2) is 4.35. The van der Waals surface area contributed by atoms with Crippen LogP contribution < -0.4 is 5.73 Å². The summed E-state index contributed by atoms with van der Waals surface area (Å²) in [4.78, 5) is 3.81. The number of alkyl halides is 3. The van der Waals surface area contributed by atoms with E-state index in [0.717, 1.165) is 21.7 Å². The zero-order valence-corrected chi connectivity index (χ0v) is 12.2. The molecule has 1 aromatic heterocycles. The second-order valence-corrected chi connectivity index (χ2v) is 7.55. The molecule has 5 nitrogen and oxygen atoms in total. The molecule has 20 heavy (non-hydrogen) atoms. The summed E-state index contributed by atoms with van der Waals surface area (Å²) in [7, 11) is -2.57. The van der Waals surface area contributed by atoms with Crippen LogP contribution in [0.4, 0.5) is 13.2 Å². The maximum absolute atomic E-state index is 12.9. The van der Waals surface area contributed by atoms with Crippen LogP contribution in [-0.2, 0) is 21.7 Å². The normalized spacial score (nSPS) is 26.4. The van der Waals surface area contributed by atoms with E-state index in [2.05, 4.69) is 4.99 Å². The summed E-state index contributed by atoms with van der Waals surface area (Å²) < 4.78 is 63.5. The third kappa shape index (κ3) is 2.37. The third-order valence-electron chi connectivity index (χ3n) is 3.02. The fourth-order valence-electron chi connectivity index (χ4n) is 2.02. The van der Waals surface area contributed by atoms with E-state index in [9.17, 15) is 21.6 Å². The van der Waals surface area contributed by atoms with Gasteiger partial charge in [-0.05, 0) is 18.4 Å². The monoisotopic (exact) mass is 327 g/mol. The van der Waals surface area contributed by atoms with E-state index in [1.165, 1.54) is 19.4 Å². The minimum atomic E-state index is -4.56.